The van der Waals surface area contributed by atoms with Gasteiger partial charge >= 0.3 is 6.36 Å². The molecule has 1 aromatic rings. The number of alkyl halides is 3. The van der Waals surface area contributed by atoms with Crippen LogP contribution in [-0.2, 0) is 0 Å². The highest BCUT2D eigenvalue weighted by Gasteiger charge is 2.30. The third-order valence-electron chi connectivity index (χ3n) is 3.33. The quantitative estimate of drug-likeness (QED) is 0.861. The van der Waals surface area contributed by atoms with Gasteiger partial charge in [0.1, 0.15) is 5.75 Å². The van der Waals surface area contributed by atoms with Crippen LogP contribution in [0.1, 0.15) is 31.2 Å². The zero-order valence-electron chi connectivity index (χ0n) is 10.8. The molecule has 1 N–H and O–H groups in total. The number of aliphatic hydroxyl groups excluding tert-OH is 1. The zero-order valence-corrected chi connectivity index (χ0v) is 10.8. The van der Waals surface area contributed by atoms with Crippen molar-refractivity contribution in [2.75, 3.05) is 0 Å². The van der Waals surface area contributed by atoms with Crippen LogP contribution in [0.2, 0.25) is 0 Å². The summed E-state index contributed by atoms with van der Waals surface area (Å²) in [7, 11) is 0. The maximum Gasteiger partial charge on any atom is 0.573 e. The number of aliphatic hydroxyl groups is 1. The van der Waals surface area contributed by atoms with Crippen LogP contribution in [0.15, 0.2) is 24.3 Å². The van der Waals surface area contributed by atoms with Crippen molar-refractivity contribution in [2.45, 2.75) is 38.1 Å². The van der Waals surface area contributed by atoms with E-state index in [1.807, 2.05) is 0 Å². The highest BCUT2D eigenvalue weighted by Crippen LogP contribution is 2.30. The summed E-state index contributed by atoms with van der Waals surface area (Å²) in [6.45, 7) is 0. The molecule has 0 spiro atoms. The summed E-state index contributed by atoms with van der Waals surface area (Å²) >= 11 is 0. The molecular formula is C15H15F3O2. The average molecular weight is 284 g/mol. The second kappa shape index (κ2) is 6.19. The van der Waals surface area contributed by atoms with Gasteiger partial charge in [0, 0.05) is 12.0 Å². The van der Waals surface area contributed by atoms with Gasteiger partial charge < -0.3 is 9.84 Å². The second-order valence-corrected chi connectivity index (χ2v) is 4.84. The smallest absolute Gasteiger partial charge is 0.406 e. The normalized spacial score (nSPS) is 16.8. The Morgan fingerprint density at radius 1 is 1.25 bits per heavy atom. The molecule has 1 fully saturated rings. The number of benzene rings is 1. The van der Waals surface area contributed by atoms with Crippen LogP contribution in [0.3, 0.4) is 0 Å². The van der Waals surface area contributed by atoms with Crippen LogP contribution in [0.25, 0.3) is 0 Å². The van der Waals surface area contributed by atoms with Crippen molar-refractivity contribution in [3.8, 4) is 17.6 Å². The van der Waals surface area contributed by atoms with E-state index >= 15 is 0 Å². The van der Waals surface area contributed by atoms with Gasteiger partial charge in [0.2, 0.25) is 0 Å². The Hall–Kier alpha value is -1.67. The Kier molecular flexibility index (Phi) is 4.56. The van der Waals surface area contributed by atoms with Crippen molar-refractivity contribution in [1.29, 1.82) is 0 Å². The van der Waals surface area contributed by atoms with Crippen LogP contribution < -0.4 is 4.74 Å². The standard InChI is InChI=1S/C15H15F3O2/c16-15(17,18)20-13-9-7-11(8-10-13)3-1-6-14(19)12-4-2-5-12/h7-10,12,14,19H,2,4-6H2. The Bertz CT molecular complexity index is 493. The van der Waals surface area contributed by atoms with Gasteiger partial charge in [-0.3, -0.25) is 0 Å². The van der Waals surface area contributed by atoms with E-state index < -0.39 is 12.5 Å². The fourth-order valence-electron chi connectivity index (χ4n) is 1.99. The number of hydrogen-bond donors (Lipinski definition) is 1. The summed E-state index contributed by atoms with van der Waals surface area (Å²) in [5, 5.41) is 9.77. The van der Waals surface area contributed by atoms with E-state index in [0.29, 0.717) is 17.9 Å². The number of ether oxygens (including phenoxy) is 1. The highest BCUT2D eigenvalue weighted by molar-refractivity contribution is 5.38. The molecule has 0 amide bonds. The lowest BCUT2D eigenvalue weighted by Crippen LogP contribution is -2.25. The minimum absolute atomic E-state index is 0.266. The molecule has 0 bridgehead atoms. The van der Waals surface area contributed by atoms with Gasteiger partial charge in [-0.2, -0.15) is 0 Å². The largest absolute Gasteiger partial charge is 0.573 e. The van der Waals surface area contributed by atoms with Crippen molar-refractivity contribution < 1.29 is 23.0 Å². The van der Waals surface area contributed by atoms with Gasteiger partial charge in [0.25, 0.3) is 0 Å². The molecule has 2 rings (SSSR count). The molecule has 0 radical (unpaired) electrons. The lowest BCUT2D eigenvalue weighted by atomic mass is 9.80. The van der Waals surface area contributed by atoms with Gasteiger partial charge in [0.15, 0.2) is 0 Å². The number of halogens is 3. The van der Waals surface area contributed by atoms with Crippen molar-refractivity contribution >= 4 is 0 Å². The van der Waals surface area contributed by atoms with Crippen LogP contribution in [0.4, 0.5) is 13.2 Å². The van der Waals surface area contributed by atoms with E-state index in [0.717, 1.165) is 19.3 Å². The summed E-state index contributed by atoms with van der Waals surface area (Å²) in [5.74, 6) is 5.76. The fourth-order valence-corrected chi connectivity index (χ4v) is 1.99. The summed E-state index contributed by atoms with van der Waals surface area (Å²) in [6.07, 6.45) is -1.43. The van der Waals surface area contributed by atoms with Gasteiger partial charge in [-0.25, -0.2) is 0 Å². The topological polar surface area (TPSA) is 29.5 Å². The van der Waals surface area contributed by atoms with Gasteiger partial charge in [0.05, 0.1) is 6.10 Å². The van der Waals surface area contributed by atoms with E-state index in [-0.39, 0.29) is 5.75 Å². The van der Waals surface area contributed by atoms with Gasteiger partial charge in [-0.1, -0.05) is 18.3 Å². The number of rotatable bonds is 3. The predicted molar refractivity (Wildman–Crippen MR) is 68.0 cm³/mol. The summed E-state index contributed by atoms with van der Waals surface area (Å²) in [4.78, 5) is 0. The summed E-state index contributed by atoms with van der Waals surface area (Å²) in [6, 6.07) is 5.37. The summed E-state index contributed by atoms with van der Waals surface area (Å²) in [5.41, 5.74) is 0.598. The first-order valence-electron chi connectivity index (χ1n) is 6.47. The molecule has 1 unspecified atom stereocenters. The van der Waals surface area contributed by atoms with Crippen molar-refractivity contribution in [3.63, 3.8) is 0 Å². The molecule has 2 nitrogen and oxygen atoms in total. The SMILES string of the molecule is OC(CC#Cc1ccc(OC(F)(F)F)cc1)C1CCC1. The molecule has 1 aromatic carbocycles. The molecule has 0 aromatic heterocycles. The zero-order chi connectivity index (χ0) is 14.6. The minimum Gasteiger partial charge on any atom is -0.406 e. The van der Waals surface area contributed by atoms with Crippen LogP contribution in [0, 0.1) is 17.8 Å². The maximum absolute atomic E-state index is 12.0. The van der Waals surface area contributed by atoms with Crippen LogP contribution >= 0.6 is 0 Å². The van der Waals surface area contributed by atoms with E-state index in [9.17, 15) is 18.3 Å². The Morgan fingerprint density at radius 2 is 1.90 bits per heavy atom. The third-order valence-corrected chi connectivity index (χ3v) is 3.33. The Morgan fingerprint density at radius 3 is 2.40 bits per heavy atom. The lowest BCUT2D eigenvalue weighted by molar-refractivity contribution is -0.274. The molecule has 1 atom stereocenters. The van der Waals surface area contributed by atoms with Crippen LogP contribution in [0.5, 0.6) is 5.75 Å². The molecule has 108 valence electrons. The van der Waals surface area contributed by atoms with Crippen molar-refractivity contribution in [2.24, 2.45) is 5.92 Å². The van der Waals surface area contributed by atoms with E-state index in [2.05, 4.69) is 16.6 Å². The molecule has 0 saturated heterocycles. The monoisotopic (exact) mass is 284 g/mol. The predicted octanol–water partition coefficient (Wildman–Crippen LogP) is 3.49. The molecular weight excluding hydrogens is 269 g/mol. The third kappa shape index (κ3) is 4.46. The molecule has 5 heteroatoms. The fraction of sp³-hybridized carbons (Fsp3) is 0.467. The molecule has 0 heterocycles. The van der Waals surface area contributed by atoms with Crippen LogP contribution in [-0.4, -0.2) is 17.6 Å². The van der Waals surface area contributed by atoms with E-state index in [1.165, 1.54) is 24.3 Å². The Labute approximate surface area is 115 Å². The minimum atomic E-state index is -4.68. The van der Waals surface area contributed by atoms with Crippen molar-refractivity contribution in [1.82, 2.24) is 0 Å². The molecule has 20 heavy (non-hydrogen) atoms. The Balaban J connectivity index is 1.87. The lowest BCUT2D eigenvalue weighted by Gasteiger charge is -2.29. The average Bonchev–Trinajstić information content (AvgIpc) is 2.27. The van der Waals surface area contributed by atoms with Crippen molar-refractivity contribution in [3.05, 3.63) is 29.8 Å². The van der Waals surface area contributed by atoms with Gasteiger partial charge in [-0.05, 0) is 43.0 Å². The first kappa shape index (κ1) is 14.7. The van der Waals surface area contributed by atoms with E-state index in [1.54, 1.807) is 0 Å². The maximum atomic E-state index is 12.0. The molecule has 1 saturated carbocycles. The second-order valence-electron chi connectivity index (χ2n) is 4.84. The molecule has 1 aliphatic rings. The van der Waals surface area contributed by atoms with E-state index in [4.69, 9.17) is 0 Å². The molecule has 1 aliphatic carbocycles. The first-order chi connectivity index (χ1) is 9.44. The highest BCUT2D eigenvalue weighted by atomic mass is 19.4. The number of hydrogen-bond acceptors (Lipinski definition) is 2. The first-order valence-corrected chi connectivity index (χ1v) is 6.47. The van der Waals surface area contributed by atoms with Gasteiger partial charge in [-0.15, -0.1) is 13.2 Å². The molecule has 0 aliphatic heterocycles. The summed E-state index contributed by atoms with van der Waals surface area (Å²) < 4.78 is 39.7.